The number of aryl methyl sites for hydroxylation is 1. The van der Waals surface area contributed by atoms with E-state index in [0.29, 0.717) is 13.2 Å². The van der Waals surface area contributed by atoms with Gasteiger partial charge in [0, 0.05) is 42.3 Å². The Morgan fingerprint density at radius 1 is 1.43 bits per heavy atom. The van der Waals surface area contributed by atoms with Crippen molar-refractivity contribution in [1.29, 1.82) is 0 Å². The molecule has 2 aromatic rings. The molecule has 0 radical (unpaired) electrons. The Labute approximate surface area is 135 Å². The zero-order valence-electron chi connectivity index (χ0n) is 13.5. The van der Waals surface area contributed by atoms with E-state index in [9.17, 15) is 9.90 Å². The number of benzene rings is 1. The minimum Gasteiger partial charge on any atom is -0.394 e. The van der Waals surface area contributed by atoms with Gasteiger partial charge >= 0.3 is 0 Å². The van der Waals surface area contributed by atoms with E-state index >= 15 is 0 Å². The highest BCUT2D eigenvalue weighted by atomic mass is 16.5. The molecule has 1 fully saturated rings. The van der Waals surface area contributed by atoms with Crippen molar-refractivity contribution in [3.8, 4) is 0 Å². The van der Waals surface area contributed by atoms with Crippen LogP contribution in [0.1, 0.15) is 12.5 Å². The quantitative estimate of drug-likeness (QED) is 0.879. The average Bonchev–Trinajstić information content (AvgIpc) is 2.90. The van der Waals surface area contributed by atoms with Gasteiger partial charge in [-0.3, -0.25) is 4.79 Å². The zero-order chi connectivity index (χ0) is 16.4. The summed E-state index contributed by atoms with van der Waals surface area (Å²) < 4.78 is 7.53. The second-order valence-electron chi connectivity index (χ2n) is 6.02. The van der Waals surface area contributed by atoms with Crippen LogP contribution < -0.4 is 0 Å². The number of nitrogens with zero attached hydrogens (tertiary/aromatic N) is 2. The lowest BCUT2D eigenvalue weighted by Gasteiger charge is -2.36. The molecule has 1 aromatic carbocycles. The van der Waals surface area contributed by atoms with Crippen molar-refractivity contribution in [3.63, 3.8) is 0 Å². The summed E-state index contributed by atoms with van der Waals surface area (Å²) in [6.45, 7) is 2.77. The monoisotopic (exact) mass is 314 g/mol. The third-order valence-electron chi connectivity index (χ3n) is 4.33. The number of rotatable bonds is 3. The second-order valence-corrected chi connectivity index (χ2v) is 6.02. The van der Waals surface area contributed by atoms with Crippen molar-refractivity contribution in [2.45, 2.75) is 19.1 Å². The number of aromatic nitrogens is 1. The molecule has 1 aliphatic rings. The van der Waals surface area contributed by atoms with E-state index in [1.807, 2.05) is 38.4 Å². The molecule has 1 aromatic heterocycles. The standard InChI is InChI=1S/C18H22N2O3/c1-13-12-23-15(11-21)10-20(13)18(22)8-7-14-9-19(2)17-6-4-3-5-16(14)17/h3-9,13,15,21H,10-12H2,1-2H3/b8-7+. The van der Waals surface area contributed by atoms with Gasteiger partial charge < -0.3 is 19.3 Å². The van der Waals surface area contributed by atoms with Crippen LogP contribution in [-0.2, 0) is 16.6 Å². The van der Waals surface area contributed by atoms with Gasteiger partial charge in [-0.25, -0.2) is 0 Å². The molecule has 0 aliphatic carbocycles. The first-order valence-electron chi connectivity index (χ1n) is 7.85. The van der Waals surface area contributed by atoms with E-state index < -0.39 is 0 Å². The van der Waals surface area contributed by atoms with Crippen LogP contribution in [0.3, 0.4) is 0 Å². The minimum absolute atomic E-state index is 0.0162. The first-order valence-corrected chi connectivity index (χ1v) is 7.85. The first kappa shape index (κ1) is 15.8. The number of hydrogen-bond donors (Lipinski definition) is 1. The lowest BCUT2D eigenvalue weighted by Crippen LogP contribution is -2.51. The molecule has 2 heterocycles. The van der Waals surface area contributed by atoms with Crippen LogP contribution in [0.2, 0.25) is 0 Å². The number of carbonyl (C=O) groups excluding carboxylic acids is 1. The van der Waals surface area contributed by atoms with Crippen LogP contribution >= 0.6 is 0 Å². The van der Waals surface area contributed by atoms with Crippen molar-refractivity contribution >= 4 is 22.9 Å². The molecule has 3 rings (SSSR count). The number of hydrogen-bond acceptors (Lipinski definition) is 3. The Morgan fingerprint density at radius 3 is 3.00 bits per heavy atom. The number of aliphatic hydroxyl groups is 1. The van der Waals surface area contributed by atoms with Gasteiger partial charge in [0.1, 0.15) is 0 Å². The Hall–Kier alpha value is -2.11. The molecule has 0 spiro atoms. The summed E-state index contributed by atoms with van der Waals surface area (Å²) in [5.41, 5.74) is 2.16. The van der Waals surface area contributed by atoms with Gasteiger partial charge in [0.15, 0.2) is 0 Å². The molecule has 1 saturated heterocycles. The van der Waals surface area contributed by atoms with Gasteiger partial charge in [-0.2, -0.15) is 0 Å². The van der Waals surface area contributed by atoms with Crippen molar-refractivity contribution in [2.75, 3.05) is 19.8 Å². The van der Waals surface area contributed by atoms with E-state index in [1.165, 1.54) is 0 Å². The van der Waals surface area contributed by atoms with E-state index in [-0.39, 0.29) is 24.7 Å². The predicted molar refractivity (Wildman–Crippen MR) is 90.0 cm³/mol. The SMILES string of the molecule is CC1COC(CO)CN1C(=O)/C=C/c1cn(C)c2ccccc12. The normalized spacial score (nSPS) is 22.1. The highest BCUT2D eigenvalue weighted by molar-refractivity contribution is 5.96. The van der Waals surface area contributed by atoms with Gasteiger partial charge in [-0.05, 0) is 19.1 Å². The highest BCUT2D eigenvalue weighted by Crippen LogP contribution is 2.21. The highest BCUT2D eigenvalue weighted by Gasteiger charge is 2.28. The molecule has 1 amide bonds. The molecule has 0 bridgehead atoms. The number of aliphatic hydroxyl groups excluding tert-OH is 1. The fourth-order valence-electron chi connectivity index (χ4n) is 3.00. The molecular formula is C18H22N2O3. The van der Waals surface area contributed by atoms with Crippen LogP contribution in [0.15, 0.2) is 36.5 Å². The molecule has 122 valence electrons. The maximum absolute atomic E-state index is 12.5. The number of ether oxygens (including phenoxy) is 1. The fourth-order valence-corrected chi connectivity index (χ4v) is 3.00. The molecule has 1 N–H and O–H groups in total. The second kappa shape index (κ2) is 6.56. The smallest absolute Gasteiger partial charge is 0.246 e. The topological polar surface area (TPSA) is 54.7 Å². The van der Waals surface area contributed by atoms with Crippen molar-refractivity contribution in [1.82, 2.24) is 9.47 Å². The Kier molecular flexibility index (Phi) is 4.50. The summed E-state index contributed by atoms with van der Waals surface area (Å²) in [6.07, 6.45) is 5.20. The summed E-state index contributed by atoms with van der Waals surface area (Å²) >= 11 is 0. The summed E-state index contributed by atoms with van der Waals surface area (Å²) in [5, 5.41) is 10.3. The van der Waals surface area contributed by atoms with Gasteiger partial charge in [0.2, 0.25) is 5.91 Å². The van der Waals surface area contributed by atoms with Crippen molar-refractivity contribution in [3.05, 3.63) is 42.1 Å². The number of para-hydroxylation sites is 1. The van der Waals surface area contributed by atoms with Crippen LogP contribution in [0, 0.1) is 0 Å². The molecule has 0 saturated carbocycles. The third-order valence-corrected chi connectivity index (χ3v) is 4.33. The molecule has 23 heavy (non-hydrogen) atoms. The number of amides is 1. The molecule has 5 heteroatoms. The summed E-state index contributed by atoms with van der Waals surface area (Å²) in [6, 6.07) is 8.13. The average molecular weight is 314 g/mol. The van der Waals surface area contributed by atoms with Gasteiger partial charge in [0.25, 0.3) is 0 Å². The Bertz CT molecular complexity index is 735. The minimum atomic E-state index is -0.291. The van der Waals surface area contributed by atoms with Crippen molar-refractivity contribution in [2.24, 2.45) is 7.05 Å². The third kappa shape index (κ3) is 3.16. The number of morpholine rings is 1. The Morgan fingerprint density at radius 2 is 2.22 bits per heavy atom. The predicted octanol–water partition coefficient (Wildman–Crippen LogP) is 1.80. The van der Waals surface area contributed by atoms with Gasteiger partial charge in [-0.1, -0.05) is 18.2 Å². The fraction of sp³-hybridized carbons (Fsp3) is 0.389. The molecule has 1 aliphatic heterocycles. The van der Waals surface area contributed by atoms with E-state index in [1.54, 1.807) is 11.0 Å². The molecule has 2 atom stereocenters. The summed E-state index contributed by atoms with van der Waals surface area (Å²) in [7, 11) is 2.00. The number of fused-ring (bicyclic) bond motifs is 1. The maximum Gasteiger partial charge on any atom is 0.246 e. The largest absolute Gasteiger partial charge is 0.394 e. The van der Waals surface area contributed by atoms with Gasteiger partial charge in [0.05, 0.1) is 25.4 Å². The van der Waals surface area contributed by atoms with E-state index in [2.05, 4.69) is 16.7 Å². The van der Waals surface area contributed by atoms with Crippen LogP contribution in [-0.4, -0.2) is 52.4 Å². The number of carbonyl (C=O) groups is 1. The van der Waals surface area contributed by atoms with Crippen LogP contribution in [0.4, 0.5) is 0 Å². The molecular weight excluding hydrogens is 292 g/mol. The molecule has 5 nitrogen and oxygen atoms in total. The lowest BCUT2D eigenvalue weighted by atomic mass is 10.1. The van der Waals surface area contributed by atoms with Crippen LogP contribution in [0.5, 0.6) is 0 Å². The molecule has 2 unspecified atom stereocenters. The lowest BCUT2D eigenvalue weighted by molar-refractivity contribution is -0.140. The zero-order valence-corrected chi connectivity index (χ0v) is 13.5. The van der Waals surface area contributed by atoms with Crippen molar-refractivity contribution < 1.29 is 14.6 Å². The van der Waals surface area contributed by atoms with E-state index in [0.717, 1.165) is 16.5 Å². The first-order chi connectivity index (χ1) is 11.1. The Balaban J connectivity index is 1.79. The van der Waals surface area contributed by atoms with Crippen LogP contribution in [0.25, 0.3) is 17.0 Å². The van der Waals surface area contributed by atoms with Gasteiger partial charge in [-0.15, -0.1) is 0 Å². The summed E-state index contributed by atoms with van der Waals surface area (Å²) in [4.78, 5) is 14.2. The van der Waals surface area contributed by atoms with E-state index in [4.69, 9.17) is 4.74 Å². The maximum atomic E-state index is 12.5. The summed E-state index contributed by atoms with van der Waals surface area (Å²) in [5.74, 6) is -0.0489.